The Labute approximate surface area is 116 Å². The summed E-state index contributed by atoms with van der Waals surface area (Å²) in [7, 11) is 0. The summed E-state index contributed by atoms with van der Waals surface area (Å²) >= 11 is 0. The molecular weight excluding hydrogens is 270 g/mol. The first-order valence-corrected chi connectivity index (χ1v) is 6.94. The first kappa shape index (κ1) is 15.3. The molecule has 3 atom stereocenters. The summed E-state index contributed by atoms with van der Waals surface area (Å²) < 4.78 is 51.6. The van der Waals surface area contributed by atoms with E-state index in [0.717, 1.165) is 31.5 Å². The van der Waals surface area contributed by atoms with Crippen molar-refractivity contribution in [3.05, 3.63) is 35.1 Å². The van der Waals surface area contributed by atoms with Crippen LogP contribution in [0.4, 0.5) is 17.6 Å². The molecule has 0 bridgehead atoms. The van der Waals surface area contributed by atoms with Crippen LogP contribution in [0.25, 0.3) is 0 Å². The van der Waals surface area contributed by atoms with Crippen molar-refractivity contribution in [2.75, 3.05) is 6.54 Å². The number of halogens is 4. The number of nitrogens with one attached hydrogen (secondary N) is 1. The van der Waals surface area contributed by atoms with E-state index in [4.69, 9.17) is 0 Å². The predicted octanol–water partition coefficient (Wildman–Crippen LogP) is 4.34. The van der Waals surface area contributed by atoms with Gasteiger partial charge in [0.15, 0.2) is 0 Å². The predicted molar refractivity (Wildman–Crippen MR) is 70.0 cm³/mol. The highest BCUT2D eigenvalue weighted by Gasteiger charge is 2.37. The molecule has 0 radical (unpaired) electrons. The van der Waals surface area contributed by atoms with Crippen LogP contribution in [0.15, 0.2) is 18.2 Å². The van der Waals surface area contributed by atoms with E-state index in [1.54, 1.807) is 0 Å². The fourth-order valence-corrected chi connectivity index (χ4v) is 3.18. The second-order valence-electron chi connectivity index (χ2n) is 5.44. The Morgan fingerprint density at radius 1 is 1.25 bits per heavy atom. The summed E-state index contributed by atoms with van der Waals surface area (Å²) in [6, 6.07) is 3.72. The number of alkyl halides is 3. The molecule has 1 saturated carbocycles. The summed E-state index contributed by atoms with van der Waals surface area (Å²) in [6.45, 7) is 4.90. The minimum Gasteiger partial charge on any atom is -0.314 e. The van der Waals surface area contributed by atoms with Crippen LogP contribution < -0.4 is 5.32 Å². The van der Waals surface area contributed by atoms with Crippen LogP contribution in [0.1, 0.15) is 43.7 Å². The van der Waals surface area contributed by atoms with Crippen LogP contribution in [-0.2, 0) is 6.18 Å². The van der Waals surface area contributed by atoms with Gasteiger partial charge in [0, 0.05) is 6.04 Å². The van der Waals surface area contributed by atoms with Gasteiger partial charge in [-0.2, -0.15) is 13.2 Å². The van der Waals surface area contributed by atoms with E-state index in [-0.39, 0.29) is 11.8 Å². The van der Waals surface area contributed by atoms with Crippen molar-refractivity contribution < 1.29 is 17.6 Å². The maximum atomic E-state index is 13.3. The zero-order valence-electron chi connectivity index (χ0n) is 11.6. The Kier molecular flexibility index (Phi) is 4.37. The summed E-state index contributed by atoms with van der Waals surface area (Å²) in [5.74, 6) is -0.891. The molecule has 2 rings (SSSR count). The van der Waals surface area contributed by atoms with Crippen molar-refractivity contribution in [2.24, 2.45) is 5.92 Å². The summed E-state index contributed by atoms with van der Waals surface area (Å²) in [5, 5.41) is 3.35. The molecule has 1 N–H and O–H groups in total. The molecule has 1 aliphatic carbocycles. The average molecular weight is 289 g/mol. The lowest BCUT2D eigenvalue weighted by Gasteiger charge is -2.22. The third-order valence-electron chi connectivity index (χ3n) is 4.25. The normalized spacial score (nSPS) is 27.0. The Hall–Kier alpha value is -1.10. The quantitative estimate of drug-likeness (QED) is 0.816. The fraction of sp³-hybridized carbons (Fsp3) is 0.600. The average Bonchev–Trinajstić information content (AvgIpc) is 2.71. The minimum atomic E-state index is -4.64. The largest absolute Gasteiger partial charge is 0.419 e. The van der Waals surface area contributed by atoms with E-state index >= 15 is 0 Å². The summed E-state index contributed by atoms with van der Waals surface area (Å²) in [6.07, 6.45) is -2.86. The van der Waals surface area contributed by atoms with Crippen LogP contribution >= 0.6 is 0 Å². The molecule has 1 nitrogen and oxygen atoms in total. The zero-order chi connectivity index (χ0) is 14.9. The molecule has 1 aromatic rings. The Morgan fingerprint density at radius 3 is 2.55 bits per heavy atom. The minimum absolute atomic E-state index is 0.0562. The molecule has 20 heavy (non-hydrogen) atoms. The van der Waals surface area contributed by atoms with Gasteiger partial charge >= 0.3 is 6.18 Å². The van der Waals surface area contributed by atoms with Crippen molar-refractivity contribution >= 4 is 0 Å². The van der Waals surface area contributed by atoms with Crippen molar-refractivity contribution in [3.8, 4) is 0 Å². The van der Waals surface area contributed by atoms with Crippen molar-refractivity contribution in [3.63, 3.8) is 0 Å². The molecule has 0 saturated heterocycles. The standard InChI is InChI=1S/C15H19F4N/c1-3-20-14-7-5-11(9(14)2)10-4-6-13(16)12(8-10)15(17,18)19/h4,6,8-9,11,14,20H,3,5,7H2,1-2H3. The lowest BCUT2D eigenvalue weighted by molar-refractivity contribution is -0.140. The molecular formula is C15H19F4N. The van der Waals surface area contributed by atoms with Gasteiger partial charge in [-0.25, -0.2) is 4.39 Å². The van der Waals surface area contributed by atoms with Gasteiger partial charge in [-0.05, 0) is 48.9 Å². The molecule has 1 fully saturated rings. The fourth-order valence-electron chi connectivity index (χ4n) is 3.18. The second-order valence-corrected chi connectivity index (χ2v) is 5.44. The first-order valence-electron chi connectivity index (χ1n) is 6.94. The first-order chi connectivity index (χ1) is 9.34. The number of benzene rings is 1. The molecule has 0 heterocycles. The monoisotopic (exact) mass is 289 g/mol. The van der Waals surface area contributed by atoms with Gasteiger partial charge in [0.25, 0.3) is 0 Å². The van der Waals surface area contributed by atoms with E-state index in [1.807, 2.05) is 13.8 Å². The number of hydrogen-bond donors (Lipinski definition) is 1. The van der Waals surface area contributed by atoms with Gasteiger partial charge in [-0.15, -0.1) is 0 Å². The topological polar surface area (TPSA) is 12.0 Å². The van der Waals surface area contributed by atoms with Crippen molar-refractivity contribution in [1.82, 2.24) is 5.32 Å². The molecule has 3 unspecified atom stereocenters. The van der Waals surface area contributed by atoms with Crippen molar-refractivity contribution in [2.45, 2.75) is 44.8 Å². The number of hydrogen-bond acceptors (Lipinski definition) is 1. The molecule has 0 aromatic heterocycles. The molecule has 0 amide bonds. The van der Waals surface area contributed by atoms with Gasteiger partial charge in [0.05, 0.1) is 5.56 Å². The van der Waals surface area contributed by atoms with E-state index in [0.29, 0.717) is 11.6 Å². The van der Waals surface area contributed by atoms with Crippen molar-refractivity contribution in [1.29, 1.82) is 0 Å². The van der Waals surface area contributed by atoms with Crippen LogP contribution in [0.2, 0.25) is 0 Å². The smallest absolute Gasteiger partial charge is 0.314 e. The molecule has 112 valence electrons. The second kappa shape index (κ2) is 5.72. The van der Waals surface area contributed by atoms with E-state index in [9.17, 15) is 17.6 Å². The van der Waals surface area contributed by atoms with Gasteiger partial charge in [0.1, 0.15) is 5.82 Å². The third kappa shape index (κ3) is 2.97. The maximum absolute atomic E-state index is 13.3. The van der Waals surface area contributed by atoms with E-state index < -0.39 is 17.6 Å². The zero-order valence-corrected chi connectivity index (χ0v) is 11.6. The van der Waals surface area contributed by atoms with Gasteiger partial charge in [-0.1, -0.05) is 19.9 Å². The lowest BCUT2D eigenvalue weighted by Crippen LogP contribution is -2.32. The molecule has 1 aliphatic rings. The van der Waals surface area contributed by atoms with Gasteiger partial charge < -0.3 is 5.32 Å². The van der Waals surface area contributed by atoms with E-state index in [2.05, 4.69) is 5.32 Å². The Bertz CT molecular complexity index is 469. The van der Waals surface area contributed by atoms with Crippen LogP contribution in [-0.4, -0.2) is 12.6 Å². The summed E-state index contributed by atoms with van der Waals surface area (Å²) in [4.78, 5) is 0. The summed E-state index contributed by atoms with van der Waals surface area (Å²) in [5.41, 5.74) is -0.569. The third-order valence-corrected chi connectivity index (χ3v) is 4.25. The molecule has 0 aliphatic heterocycles. The molecule has 0 spiro atoms. The van der Waals surface area contributed by atoms with Gasteiger partial charge in [-0.3, -0.25) is 0 Å². The lowest BCUT2D eigenvalue weighted by atomic mass is 9.88. The van der Waals surface area contributed by atoms with Gasteiger partial charge in [0.2, 0.25) is 0 Å². The molecule has 1 aromatic carbocycles. The van der Waals surface area contributed by atoms with Crippen LogP contribution in [0, 0.1) is 11.7 Å². The van der Waals surface area contributed by atoms with Crippen LogP contribution in [0.5, 0.6) is 0 Å². The highest BCUT2D eigenvalue weighted by atomic mass is 19.4. The number of rotatable bonds is 3. The highest BCUT2D eigenvalue weighted by molar-refractivity contribution is 5.31. The Morgan fingerprint density at radius 2 is 1.95 bits per heavy atom. The van der Waals surface area contributed by atoms with Crippen LogP contribution in [0.3, 0.4) is 0 Å². The Balaban J connectivity index is 2.26. The molecule has 5 heteroatoms. The highest BCUT2D eigenvalue weighted by Crippen LogP contribution is 2.41. The van der Waals surface area contributed by atoms with E-state index in [1.165, 1.54) is 6.07 Å². The SMILES string of the molecule is CCNC1CCC(c2ccc(F)c(C(F)(F)F)c2)C1C. The maximum Gasteiger partial charge on any atom is 0.419 e.